The number of anilines is 1. The summed E-state index contributed by atoms with van der Waals surface area (Å²) in [4.78, 5) is 5.12. The van der Waals surface area contributed by atoms with E-state index in [9.17, 15) is 10.2 Å². The molecule has 1 aliphatic heterocycles. The number of benzene rings is 2. The van der Waals surface area contributed by atoms with Gasteiger partial charge in [-0.05, 0) is 50.3 Å². The van der Waals surface area contributed by atoms with Crippen molar-refractivity contribution in [2.75, 3.05) is 5.32 Å². The molecule has 0 radical (unpaired) electrons. The van der Waals surface area contributed by atoms with Gasteiger partial charge in [-0.2, -0.15) is 0 Å². The third-order valence-corrected chi connectivity index (χ3v) is 6.41. The maximum absolute atomic E-state index is 9.51. The first-order valence-electron chi connectivity index (χ1n) is 10.3. The predicted octanol–water partition coefficient (Wildman–Crippen LogP) is 3.64. The lowest BCUT2D eigenvalue weighted by Gasteiger charge is -2.38. The third kappa shape index (κ3) is 2.99. The Morgan fingerprint density at radius 1 is 1.14 bits per heavy atom. The van der Waals surface area contributed by atoms with Gasteiger partial charge < -0.3 is 20.1 Å². The fourth-order valence-corrected chi connectivity index (χ4v) is 4.75. The molecule has 3 N–H and O–H groups in total. The van der Waals surface area contributed by atoms with Gasteiger partial charge in [0.05, 0.1) is 11.0 Å². The summed E-state index contributed by atoms with van der Waals surface area (Å²) in [5, 5.41) is 22.6. The van der Waals surface area contributed by atoms with E-state index in [2.05, 4.69) is 53.2 Å². The lowest BCUT2D eigenvalue weighted by molar-refractivity contribution is -0.117. The van der Waals surface area contributed by atoms with Crippen molar-refractivity contribution in [2.24, 2.45) is 5.92 Å². The summed E-state index contributed by atoms with van der Waals surface area (Å²) in [7, 11) is 0. The van der Waals surface area contributed by atoms with Gasteiger partial charge in [0.1, 0.15) is 5.82 Å². The number of rotatable bonds is 4. The molecular formula is C23H27N3O2. The lowest BCUT2D eigenvalue weighted by atomic mass is 9.79. The number of fused-ring (bicyclic) bond motifs is 3. The molecule has 2 heterocycles. The highest BCUT2D eigenvalue weighted by molar-refractivity contribution is 5.86. The summed E-state index contributed by atoms with van der Waals surface area (Å²) < 4.78 is 2.36. The smallest absolute Gasteiger partial charge is 0.154 e. The summed E-state index contributed by atoms with van der Waals surface area (Å²) in [5.74, 6) is 1.04. The summed E-state index contributed by atoms with van der Waals surface area (Å²) in [6.07, 6.45) is 3.31. The number of nitrogens with zero attached hydrogens (tertiary/aromatic N) is 2. The average Bonchev–Trinajstić information content (AvgIpc) is 2.99. The number of aromatic nitrogens is 2. The monoisotopic (exact) mass is 377 g/mol. The topological polar surface area (TPSA) is 70.3 Å². The number of nitrogens with one attached hydrogen (secondary N) is 1. The molecule has 1 aliphatic carbocycles. The van der Waals surface area contributed by atoms with Gasteiger partial charge in [-0.1, -0.05) is 30.3 Å². The van der Waals surface area contributed by atoms with Crippen LogP contribution in [0.1, 0.15) is 49.2 Å². The third-order valence-electron chi connectivity index (χ3n) is 6.41. The van der Waals surface area contributed by atoms with E-state index in [1.807, 2.05) is 6.07 Å². The highest BCUT2D eigenvalue weighted by atomic mass is 16.5. The molecule has 28 heavy (non-hydrogen) atoms. The number of hydrogen-bond acceptors (Lipinski definition) is 4. The van der Waals surface area contributed by atoms with E-state index in [0.29, 0.717) is 6.04 Å². The molecule has 2 aromatic carbocycles. The van der Waals surface area contributed by atoms with Crippen LogP contribution in [0.15, 0.2) is 42.5 Å². The molecule has 5 rings (SSSR count). The summed E-state index contributed by atoms with van der Waals surface area (Å²) >= 11 is 0. The molecule has 1 fully saturated rings. The molecule has 0 bridgehead atoms. The fraction of sp³-hybridized carbons (Fsp3) is 0.435. The van der Waals surface area contributed by atoms with Gasteiger partial charge >= 0.3 is 0 Å². The Kier molecular flexibility index (Phi) is 4.37. The molecule has 5 heteroatoms. The van der Waals surface area contributed by atoms with E-state index in [-0.39, 0.29) is 12.0 Å². The predicted molar refractivity (Wildman–Crippen MR) is 110 cm³/mol. The van der Waals surface area contributed by atoms with Gasteiger partial charge in [-0.25, -0.2) is 4.98 Å². The standard InChI is InChI=1S/C23H27N3O2/c1-14-7-8-18-19(24-14)9-10-20-22(18)25-21(11-15-5-3-2-4-6-15)26(20)17-12-16(13-17)23(27)28/h2-6,9-10,14,16-17,23-24,27-28H,7-8,11-13H2,1H3/t14-,16?,17?/m0/s1. The first-order valence-corrected chi connectivity index (χ1v) is 10.3. The van der Waals surface area contributed by atoms with Crippen molar-refractivity contribution in [1.29, 1.82) is 0 Å². The maximum Gasteiger partial charge on any atom is 0.154 e. The van der Waals surface area contributed by atoms with Crippen LogP contribution in [-0.4, -0.2) is 32.1 Å². The molecule has 2 aliphatic rings. The molecule has 0 spiro atoms. The molecule has 3 aromatic rings. The number of aliphatic hydroxyl groups is 2. The second-order valence-corrected chi connectivity index (χ2v) is 8.40. The van der Waals surface area contributed by atoms with Crippen LogP contribution in [0.4, 0.5) is 5.69 Å². The van der Waals surface area contributed by atoms with Crippen LogP contribution in [0.25, 0.3) is 11.0 Å². The van der Waals surface area contributed by atoms with Crippen molar-refractivity contribution in [1.82, 2.24) is 9.55 Å². The van der Waals surface area contributed by atoms with Crippen molar-refractivity contribution >= 4 is 16.7 Å². The average molecular weight is 377 g/mol. The molecule has 0 amide bonds. The highest BCUT2D eigenvalue weighted by Crippen LogP contribution is 2.43. The van der Waals surface area contributed by atoms with Crippen LogP contribution in [0, 0.1) is 5.92 Å². The minimum Gasteiger partial charge on any atom is -0.382 e. The molecule has 1 aromatic heterocycles. The van der Waals surface area contributed by atoms with Gasteiger partial charge in [-0.15, -0.1) is 0 Å². The Labute approximate surface area is 165 Å². The zero-order valence-electron chi connectivity index (χ0n) is 16.2. The second-order valence-electron chi connectivity index (χ2n) is 8.40. The van der Waals surface area contributed by atoms with Crippen molar-refractivity contribution in [2.45, 2.75) is 57.4 Å². The zero-order chi connectivity index (χ0) is 19.3. The minimum absolute atomic E-state index is 0.0350. The maximum atomic E-state index is 9.51. The molecule has 5 nitrogen and oxygen atoms in total. The van der Waals surface area contributed by atoms with Crippen molar-refractivity contribution in [3.8, 4) is 0 Å². The second kappa shape index (κ2) is 6.90. The van der Waals surface area contributed by atoms with Crippen LogP contribution in [-0.2, 0) is 12.8 Å². The Balaban J connectivity index is 1.59. The van der Waals surface area contributed by atoms with Crippen LogP contribution < -0.4 is 5.32 Å². The largest absolute Gasteiger partial charge is 0.382 e. The first kappa shape index (κ1) is 17.7. The van der Waals surface area contributed by atoms with Crippen LogP contribution >= 0.6 is 0 Å². The zero-order valence-corrected chi connectivity index (χ0v) is 16.2. The van der Waals surface area contributed by atoms with Gasteiger partial charge in [-0.3, -0.25) is 0 Å². The minimum atomic E-state index is -1.22. The van der Waals surface area contributed by atoms with Gasteiger partial charge in [0, 0.05) is 35.7 Å². The molecule has 0 saturated heterocycles. The first-order chi connectivity index (χ1) is 13.6. The van der Waals surface area contributed by atoms with E-state index >= 15 is 0 Å². The Hall–Kier alpha value is -2.37. The quantitative estimate of drug-likeness (QED) is 0.607. The van der Waals surface area contributed by atoms with Gasteiger partial charge in [0.2, 0.25) is 0 Å². The van der Waals surface area contributed by atoms with Gasteiger partial charge in [0.25, 0.3) is 0 Å². The SMILES string of the molecule is C[C@H]1CCc2c(ccc3c2nc(Cc2ccccc2)n3C2CC(C(O)O)C2)N1. The molecule has 146 valence electrons. The molecule has 1 atom stereocenters. The number of hydrogen-bond donors (Lipinski definition) is 3. The van der Waals surface area contributed by atoms with Crippen LogP contribution in [0.3, 0.4) is 0 Å². The fourth-order valence-electron chi connectivity index (χ4n) is 4.75. The highest BCUT2D eigenvalue weighted by Gasteiger charge is 2.37. The Morgan fingerprint density at radius 3 is 2.68 bits per heavy atom. The number of aliphatic hydroxyl groups excluding tert-OH is 1. The Bertz CT molecular complexity index is 990. The summed E-state index contributed by atoms with van der Waals surface area (Å²) in [5.41, 5.74) is 6.06. The van der Waals surface area contributed by atoms with E-state index in [1.165, 1.54) is 22.3 Å². The van der Waals surface area contributed by atoms with Crippen molar-refractivity contribution < 1.29 is 10.2 Å². The summed E-state index contributed by atoms with van der Waals surface area (Å²) in [6, 6.07) is 15.6. The summed E-state index contributed by atoms with van der Waals surface area (Å²) in [6.45, 7) is 2.22. The normalized spacial score (nSPS) is 24.1. The van der Waals surface area contributed by atoms with E-state index in [4.69, 9.17) is 4.98 Å². The number of imidazole rings is 1. The van der Waals surface area contributed by atoms with Crippen molar-refractivity contribution in [3.63, 3.8) is 0 Å². The Morgan fingerprint density at radius 2 is 1.93 bits per heavy atom. The van der Waals surface area contributed by atoms with E-state index in [1.54, 1.807) is 0 Å². The molecular weight excluding hydrogens is 350 g/mol. The molecule has 1 saturated carbocycles. The van der Waals surface area contributed by atoms with E-state index < -0.39 is 6.29 Å². The molecule has 0 unspecified atom stereocenters. The van der Waals surface area contributed by atoms with E-state index in [0.717, 1.165) is 43.4 Å². The van der Waals surface area contributed by atoms with Crippen molar-refractivity contribution in [3.05, 3.63) is 59.4 Å². The van der Waals surface area contributed by atoms with Gasteiger partial charge in [0.15, 0.2) is 6.29 Å². The van der Waals surface area contributed by atoms with Crippen LogP contribution in [0.5, 0.6) is 0 Å². The lowest BCUT2D eigenvalue weighted by Crippen LogP contribution is -2.35. The van der Waals surface area contributed by atoms with Crippen LogP contribution in [0.2, 0.25) is 0 Å². The number of aryl methyl sites for hydroxylation is 1.